The molecule has 0 aromatic carbocycles. The fourth-order valence-electron chi connectivity index (χ4n) is 0.914. The number of carbonyl (C=O) groups is 4. The van der Waals surface area contributed by atoms with Crippen molar-refractivity contribution in [2.75, 3.05) is 13.1 Å². The second-order valence-electron chi connectivity index (χ2n) is 3.30. The highest BCUT2D eigenvalue weighted by atomic mass is 16.4. The van der Waals surface area contributed by atoms with E-state index in [1.807, 2.05) is 0 Å². The Labute approximate surface area is 96.7 Å². The molecule has 0 aliphatic heterocycles. The van der Waals surface area contributed by atoms with Crippen molar-refractivity contribution in [3.8, 4) is 0 Å². The molecule has 9 nitrogen and oxygen atoms in total. The van der Waals surface area contributed by atoms with Crippen molar-refractivity contribution in [1.82, 2.24) is 10.2 Å². The van der Waals surface area contributed by atoms with E-state index in [0.29, 0.717) is 0 Å². The highest BCUT2D eigenvalue weighted by Crippen LogP contribution is 1.91. The van der Waals surface area contributed by atoms with Crippen LogP contribution in [0.3, 0.4) is 0 Å². The summed E-state index contributed by atoms with van der Waals surface area (Å²) in [5, 5.41) is 10.6. The highest BCUT2D eigenvalue weighted by molar-refractivity contribution is 5.89. The smallest absolute Gasteiger partial charge is 0.325 e. The zero-order valence-electron chi connectivity index (χ0n) is 9.17. The standard InChI is InChI=1S/C8H14N4O5/c1-4(7(15)16)11-8(17)12(2-5(9)13)3-6(10)14/h4H,2-3H2,1H3,(H2,9,13)(H2,10,14)(H,11,17)(H,15,16)/t4-/m0/s1. The van der Waals surface area contributed by atoms with Gasteiger partial charge in [0.1, 0.15) is 19.1 Å². The number of carboxylic acid groups (broad SMARTS) is 1. The van der Waals surface area contributed by atoms with Crippen molar-refractivity contribution in [2.45, 2.75) is 13.0 Å². The average molecular weight is 246 g/mol. The van der Waals surface area contributed by atoms with Gasteiger partial charge in [0, 0.05) is 0 Å². The molecule has 0 saturated carbocycles. The number of rotatable bonds is 6. The van der Waals surface area contributed by atoms with E-state index in [2.05, 4.69) is 5.32 Å². The Kier molecular flexibility index (Phi) is 5.44. The second kappa shape index (κ2) is 6.30. The second-order valence-corrected chi connectivity index (χ2v) is 3.30. The number of carboxylic acids is 1. The molecule has 0 aliphatic rings. The minimum absolute atomic E-state index is 0.527. The SMILES string of the molecule is C[C@H](NC(=O)N(CC(N)=O)CC(N)=O)C(=O)O. The van der Waals surface area contributed by atoms with Crippen LogP contribution in [0.5, 0.6) is 0 Å². The van der Waals surface area contributed by atoms with Crippen LogP contribution in [0, 0.1) is 0 Å². The largest absolute Gasteiger partial charge is 0.480 e. The number of primary amides is 2. The molecule has 0 bridgehead atoms. The first-order chi connectivity index (χ1) is 7.73. The number of carbonyl (C=O) groups excluding carboxylic acids is 3. The average Bonchev–Trinajstić information content (AvgIpc) is 2.14. The van der Waals surface area contributed by atoms with Crippen LogP contribution < -0.4 is 16.8 Å². The van der Waals surface area contributed by atoms with Gasteiger partial charge in [-0.2, -0.15) is 0 Å². The number of hydrogen-bond acceptors (Lipinski definition) is 4. The number of nitrogens with two attached hydrogens (primary N) is 2. The van der Waals surface area contributed by atoms with Crippen LogP contribution in [0.15, 0.2) is 0 Å². The molecule has 0 radical (unpaired) electrons. The van der Waals surface area contributed by atoms with E-state index >= 15 is 0 Å². The van der Waals surface area contributed by atoms with Crippen LogP contribution in [0.2, 0.25) is 0 Å². The van der Waals surface area contributed by atoms with Crippen LogP contribution in [0.4, 0.5) is 4.79 Å². The Morgan fingerprint density at radius 3 is 1.88 bits per heavy atom. The fourth-order valence-corrected chi connectivity index (χ4v) is 0.914. The Hall–Kier alpha value is -2.32. The number of amides is 4. The number of nitrogens with zero attached hydrogens (tertiary/aromatic N) is 1. The van der Waals surface area contributed by atoms with E-state index in [4.69, 9.17) is 16.6 Å². The summed E-state index contributed by atoms with van der Waals surface area (Å²) < 4.78 is 0. The van der Waals surface area contributed by atoms with Crippen molar-refractivity contribution in [3.05, 3.63) is 0 Å². The Balaban J connectivity index is 4.57. The van der Waals surface area contributed by atoms with Gasteiger partial charge in [0.2, 0.25) is 11.8 Å². The topological polar surface area (TPSA) is 156 Å². The van der Waals surface area contributed by atoms with Gasteiger partial charge in [-0.05, 0) is 6.92 Å². The summed E-state index contributed by atoms with van der Waals surface area (Å²) in [5.41, 5.74) is 9.74. The van der Waals surface area contributed by atoms with Gasteiger partial charge < -0.3 is 26.8 Å². The van der Waals surface area contributed by atoms with Gasteiger partial charge in [-0.15, -0.1) is 0 Å². The lowest BCUT2D eigenvalue weighted by Gasteiger charge is -2.21. The zero-order valence-corrected chi connectivity index (χ0v) is 9.17. The number of nitrogens with one attached hydrogen (secondary N) is 1. The van der Waals surface area contributed by atoms with Gasteiger partial charge in [0.25, 0.3) is 0 Å². The molecule has 96 valence electrons. The molecule has 0 aromatic rings. The molecular weight excluding hydrogens is 232 g/mol. The van der Waals surface area contributed by atoms with Crippen LogP contribution in [-0.2, 0) is 14.4 Å². The molecule has 0 rings (SSSR count). The minimum atomic E-state index is -1.25. The third-order valence-electron chi connectivity index (χ3n) is 1.69. The normalized spacial score (nSPS) is 11.4. The summed E-state index contributed by atoms with van der Waals surface area (Å²) in [6, 6.07) is -2.07. The fraction of sp³-hybridized carbons (Fsp3) is 0.500. The first-order valence-corrected chi connectivity index (χ1v) is 4.59. The maximum absolute atomic E-state index is 11.5. The van der Waals surface area contributed by atoms with E-state index in [9.17, 15) is 19.2 Å². The lowest BCUT2D eigenvalue weighted by molar-refractivity contribution is -0.138. The molecule has 0 spiro atoms. The van der Waals surface area contributed by atoms with Crippen molar-refractivity contribution in [1.29, 1.82) is 0 Å². The van der Waals surface area contributed by atoms with Crippen molar-refractivity contribution >= 4 is 23.8 Å². The van der Waals surface area contributed by atoms with E-state index in [-0.39, 0.29) is 0 Å². The predicted octanol–water partition coefficient (Wildman–Crippen LogP) is -2.56. The summed E-state index contributed by atoms with van der Waals surface area (Å²) in [6.45, 7) is 0.176. The summed E-state index contributed by atoms with van der Waals surface area (Å²) in [5.74, 6) is -2.94. The van der Waals surface area contributed by atoms with Crippen LogP contribution in [-0.4, -0.2) is 53.0 Å². The molecular formula is C8H14N4O5. The van der Waals surface area contributed by atoms with E-state index in [1.165, 1.54) is 6.92 Å². The molecule has 0 saturated heterocycles. The molecule has 4 amide bonds. The van der Waals surface area contributed by atoms with E-state index in [1.54, 1.807) is 0 Å². The van der Waals surface area contributed by atoms with Gasteiger partial charge >= 0.3 is 12.0 Å². The third-order valence-corrected chi connectivity index (χ3v) is 1.69. The maximum Gasteiger partial charge on any atom is 0.325 e. The highest BCUT2D eigenvalue weighted by Gasteiger charge is 2.21. The molecule has 0 aliphatic carbocycles. The molecule has 6 N–H and O–H groups in total. The predicted molar refractivity (Wildman–Crippen MR) is 55.6 cm³/mol. The van der Waals surface area contributed by atoms with E-state index in [0.717, 1.165) is 4.90 Å². The van der Waals surface area contributed by atoms with Crippen molar-refractivity contribution < 1.29 is 24.3 Å². The molecule has 0 fully saturated rings. The molecule has 0 aromatic heterocycles. The van der Waals surface area contributed by atoms with Gasteiger partial charge in [-0.3, -0.25) is 14.4 Å². The summed E-state index contributed by atoms with van der Waals surface area (Å²) >= 11 is 0. The first-order valence-electron chi connectivity index (χ1n) is 4.59. The third kappa shape index (κ3) is 5.97. The Bertz CT molecular complexity index is 327. The Morgan fingerprint density at radius 2 is 1.59 bits per heavy atom. The van der Waals surface area contributed by atoms with Gasteiger partial charge in [-0.1, -0.05) is 0 Å². The summed E-state index contributed by atoms with van der Waals surface area (Å²) in [4.78, 5) is 44.0. The number of hydrogen-bond donors (Lipinski definition) is 4. The number of urea groups is 1. The lowest BCUT2D eigenvalue weighted by atomic mass is 10.3. The molecule has 0 heterocycles. The Morgan fingerprint density at radius 1 is 1.18 bits per heavy atom. The lowest BCUT2D eigenvalue weighted by Crippen LogP contribution is -2.51. The van der Waals surface area contributed by atoms with Gasteiger partial charge in [-0.25, -0.2) is 4.79 Å². The van der Waals surface area contributed by atoms with Crippen LogP contribution in [0.1, 0.15) is 6.92 Å². The number of aliphatic carboxylic acids is 1. The van der Waals surface area contributed by atoms with Crippen molar-refractivity contribution in [3.63, 3.8) is 0 Å². The van der Waals surface area contributed by atoms with Crippen LogP contribution in [0.25, 0.3) is 0 Å². The molecule has 0 unspecified atom stereocenters. The molecule has 9 heteroatoms. The first kappa shape index (κ1) is 14.7. The minimum Gasteiger partial charge on any atom is -0.480 e. The zero-order chi connectivity index (χ0) is 13.6. The van der Waals surface area contributed by atoms with Crippen molar-refractivity contribution in [2.24, 2.45) is 11.5 Å². The monoisotopic (exact) mass is 246 g/mol. The molecule has 1 atom stereocenters. The van der Waals surface area contributed by atoms with E-state index < -0.39 is 42.9 Å². The summed E-state index contributed by atoms with van der Waals surface area (Å²) in [7, 11) is 0. The van der Waals surface area contributed by atoms with Gasteiger partial charge in [0.15, 0.2) is 0 Å². The quantitative estimate of drug-likeness (QED) is 0.405. The maximum atomic E-state index is 11.5. The summed E-state index contributed by atoms with van der Waals surface area (Å²) in [6.07, 6.45) is 0. The van der Waals surface area contributed by atoms with Crippen LogP contribution >= 0.6 is 0 Å². The molecule has 17 heavy (non-hydrogen) atoms. The van der Waals surface area contributed by atoms with Gasteiger partial charge in [0.05, 0.1) is 0 Å².